The van der Waals surface area contributed by atoms with Crippen molar-refractivity contribution >= 4 is 23.1 Å². The topological polar surface area (TPSA) is 37.8 Å². The highest BCUT2D eigenvalue weighted by Crippen LogP contribution is 2.29. The zero-order valence-corrected chi connectivity index (χ0v) is 11.4. The van der Waals surface area contributed by atoms with E-state index in [0.717, 1.165) is 28.9 Å². The van der Waals surface area contributed by atoms with Crippen molar-refractivity contribution < 1.29 is 0 Å². The number of nitrogens with one attached hydrogen (secondary N) is 1. The average molecular weight is 265 g/mol. The predicted octanol–water partition coefficient (Wildman–Crippen LogP) is 3.19. The first-order valence-electron chi connectivity index (χ1n) is 5.62. The second-order valence-corrected chi connectivity index (χ2v) is 5.68. The summed E-state index contributed by atoms with van der Waals surface area (Å²) in [5, 5.41) is 6.43. The molecule has 0 atom stereocenters. The SMILES string of the molecule is CCCNCc1cccnc1Sc1nccs1. The molecule has 5 heteroatoms. The normalized spacial score (nSPS) is 10.6. The fourth-order valence-electron chi connectivity index (χ4n) is 1.39. The highest BCUT2D eigenvalue weighted by atomic mass is 32.2. The van der Waals surface area contributed by atoms with E-state index in [9.17, 15) is 0 Å². The summed E-state index contributed by atoms with van der Waals surface area (Å²) in [5.41, 5.74) is 1.24. The molecule has 90 valence electrons. The molecule has 0 aliphatic rings. The van der Waals surface area contributed by atoms with E-state index in [1.165, 1.54) is 5.56 Å². The quantitative estimate of drug-likeness (QED) is 0.814. The Morgan fingerprint density at radius 3 is 3.06 bits per heavy atom. The molecule has 0 unspecified atom stereocenters. The van der Waals surface area contributed by atoms with Gasteiger partial charge in [-0.3, -0.25) is 0 Å². The molecule has 17 heavy (non-hydrogen) atoms. The van der Waals surface area contributed by atoms with Crippen LogP contribution >= 0.6 is 23.1 Å². The van der Waals surface area contributed by atoms with Gasteiger partial charge < -0.3 is 5.32 Å². The van der Waals surface area contributed by atoms with Crippen molar-refractivity contribution in [1.29, 1.82) is 0 Å². The molecule has 0 aliphatic carbocycles. The van der Waals surface area contributed by atoms with E-state index in [4.69, 9.17) is 0 Å². The molecule has 2 aromatic heterocycles. The maximum absolute atomic E-state index is 4.42. The maximum atomic E-state index is 4.42. The second-order valence-electron chi connectivity index (χ2n) is 3.54. The molecule has 2 aromatic rings. The van der Waals surface area contributed by atoms with Crippen LogP contribution in [-0.4, -0.2) is 16.5 Å². The van der Waals surface area contributed by atoms with Gasteiger partial charge in [-0.1, -0.05) is 13.0 Å². The van der Waals surface area contributed by atoms with Gasteiger partial charge in [0.25, 0.3) is 0 Å². The largest absolute Gasteiger partial charge is 0.313 e. The lowest BCUT2D eigenvalue weighted by atomic mass is 10.3. The van der Waals surface area contributed by atoms with E-state index in [1.807, 2.05) is 23.8 Å². The number of nitrogens with zero attached hydrogens (tertiary/aromatic N) is 2. The van der Waals surface area contributed by atoms with Gasteiger partial charge in [-0.25, -0.2) is 9.97 Å². The summed E-state index contributed by atoms with van der Waals surface area (Å²) < 4.78 is 1.04. The summed E-state index contributed by atoms with van der Waals surface area (Å²) >= 11 is 3.28. The molecule has 0 radical (unpaired) electrons. The van der Waals surface area contributed by atoms with Gasteiger partial charge in [0.05, 0.1) is 0 Å². The van der Waals surface area contributed by atoms with Crippen molar-refractivity contribution in [2.75, 3.05) is 6.54 Å². The van der Waals surface area contributed by atoms with Crippen molar-refractivity contribution in [3.63, 3.8) is 0 Å². The van der Waals surface area contributed by atoms with Crippen LogP contribution in [0.15, 0.2) is 39.3 Å². The molecule has 0 amide bonds. The summed E-state index contributed by atoms with van der Waals surface area (Å²) in [5.74, 6) is 0. The first-order valence-corrected chi connectivity index (χ1v) is 7.31. The molecule has 3 nitrogen and oxygen atoms in total. The van der Waals surface area contributed by atoms with Crippen LogP contribution in [0, 0.1) is 0 Å². The second kappa shape index (κ2) is 6.74. The van der Waals surface area contributed by atoms with E-state index in [-0.39, 0.29) is 0 Å². The van der Waals surface area contributed by atoms with Crippen LogP contribution in [-0.2, 0) is 6.54 Å². The molecule has 0 saturated heterocycles. The van der Waals surface area contributed by atoms with E-state index < -0.39 is 0 Å². The Balaban J connectivity index is 2.05. The van der Waals surface area contributed by atoms with Crippen LogP contribution in [0.4, 0.5) is 0 Å². The van der Waals surface area contributed by atoms with Gasteiger partial charge in [0.15, 0.2) is 4.34 Å². The lowest BCUT2D eigenvalue weighted by Gasteiger charge is -2.07. The van der Waals surface area contributed by atoms with Crippen LogP contribution in [0.25, 0.3) is 0 Å². The molecule has 2 heterocycles. The monoisotopic (exact) mass is 265 g/mol. The van der Waals surface area contributed by atoms with Gasteiger partial charge in [0.1, 0.15) is 5.03 Å². The summed E-state index contributed by atoms with van der Waals surface area (Å²) in [7, 11) is 0. The molecule has 0 spiro atoms. The number of pyridine rings is 1. The highest BCUT2D eigenvalue weighted by molar-refractivity contribution is 8.01. The minimum absolute atomic E-state index is 0.870. The molecular formula is C12H15N3S2. The zero-order valence-electron chi connectivity index (χ0n) is 9.72. The fourth-order valence-corrected chi connectivity index (χ4v) is 3.01. The van der Waals surface area contributed by atoms with Crippen LogP contribution in [0.3, 0.4) is 0 Å². The lowest BCUT2D eigenvalue weighted by molar-refractivity contribution is 0.665. The average Bonchev–Trinajstić information content (AvgIpc) is 2.84. The third kappa shape index (κ3) is 3.80. The summed E-state index contributed by atoms with van der Waals surface area (Å²) in [6.45, 7) is 4.08. The standard InChI is InChI=1S/C12H15N3S2/c1-2-5-13-9-10-4-3-6-14-11(10)17-12-15-7-8-16-12/h3-4,6-8,13H,2,5,9H2,1H3. The minimum Gasteiger partial charge on any atom is -0.313 e. The third-order valence-electron chi connectivity index (χ3n) is 2.19. The molecule has 0 fully saturated rings. The van der Waals surface area contributed by atoms with Crippen LogP contribution in [0.1, 0.15) is 18.9 Å². The van der Waals surface area contributed by atoms with Crippen molar-refractivity contribution in [3.8, 4) is 0 Å². The van der Waals surface area contributed by atoms with E-state index in [0.29, 0.717) is 0 Å². The number of thiazole rings is 1. The predicted molar refractivity (Wildman–Crippen MR) is 72.5 cm³/mol. The van der Waals surface area contributed by atoms with Crippen molar-refractivity contribution in [2.24, 2.45) is 0 Å². The highest BCUT2D eigenvalue weighted by Gasteiger charge is 2.06. The smallest absolute Gasteiger partial charge is 0.156 e. The van der Waals surface area contributed by atoms with Crippen LogP contribution < -0.4 is 5.32 Å². The molecule has 0 saturated carbocycles. The van der Waals surface area contributed by atoms with E-state index in [1.54, 1.807) is 23.1 Å². The number of aromatic nitrogens is 2. The molecule has 1 N–H and O–H groups in total. The van der Waals surface area contributed by atoms with Crippen LogP contribution in [0.5, 0.6) is 0 Å². The van der Waals surface area contributed by atoms with Crippen molar-refractivity contribution in [2.45, 2.75) is 29.3 Å². The van der Waals surface area contributed by atoms with Crippen LogP contribution in [0.2, 0.25) is 0 Å². The fraction of sp³-hybridized carbons (Fsp3) is 0.333. The Labute approximate surface area is 110 Å². The Bertz CT molecular complexity index is 443. The van der Waals surface area contributed by atoms with Gasteiger partial charge >= 0.3 is 0 Å². The van der Waals surface area contributed by atoms with Gasteiger partial charge in [-0.2, -0.15) is 0 Å². The summed E-state index contributed by atoms with van der Waals surface area (Å²) in [6.07, 6.45) is 4.80. The van der Waals surface area contributed by atoms with E-state index >= 15 is 0 Å². The molecule has 0 bridgehead atoms. The molecule has 0 aromatic carbocycles. The van der Waals surface area contributed by atoms with Gasteiger partial charge in [0, 0.05) is 24.3 Å². The van der Waals surface area contributed by atoms with Crippen molar-refractivity contribution in [1.82, 2.24) is 15.3 Å². The van der Waals surface area contributed by atoms with E-state index in [2.05, 4.69) is 28.3 Å². The Morgan fingerprint density at radius 1 is 1.35 bits per heavy atom. The lowest BCUT2D eigenvalue weighted by Crippen LogP contribution is -2.14. The molecule has 0 aliphatic heterocycles. The number of rotatable bonds is 6. The minimum atomic E-state index is 0.870. The zero-order chi connectivity index (χ0) is 11.9. The van der Waals surface area contributed by atoms with Gasteiger partial charge in [-0.15, -0.1) is 11.3 Å². The third-order valence-corrected chi connectivity index (χ3v) is 4.13. The Kier molecular flexibility index (Phi) is 4.97. The first-order chi connectivity index (χ1) is 8.40. The summed E-state index contributed by atoms with van der Waals surface area (Å²) in [4.78, 5) is 8.69. The molecule has 2 rings (SSSR count). The van der Waals surface area contributed by atoms with Crippen molar-refractivity contribution in [3.05, 3.63) is 35.5 Å². The van der Waals surface area contributed by atoms with Gasteiger partial charge in [0.2, 0.25) is 0 Å². The summed E-state index contributed by atoms with van der Waals surface area (Å²) in [6, 6.07) is 4.10. The first kappa shape index (κ1) is 12.5. The Morgan fingerprint density at radius 2 is 2.29 bits per heavy atom. The Hall–Kier alpha value is -0.910. The molecular weight excluding hydrogens is 250 g/mol. The number of hydrogen-bond donors (Lipinski definition) is 1. The van der Waals surface area contributed by atoms with Gasteiger partial charge in [-0.05, 0) is 36.4 Å². The number of hydrogen-bond acceptors (Lipinski definition) is 5. The maximum Gasteiger partial charge on any atom is 0.156 e.